The molecule has 1 heterocycles. The quantitative estimate of drug-likeness (QED) is 0.872. The van der Waals surface area contributed by atoms with Crippen molar-refractivity contribution in [3.63, 3.8) is 0 Å². The molecule has 0 atom stereocenters. The summed E-state index contributed by atoms with van der Waals surface area (Å²) in [7, 11) is 0. The van der Waals surface area contributed by atoms with Crippen LogP contribution in [0.2, 0.25) is 0 Å². The van der Waals surface area contributed by atoms with Gasteiger partial charge in [0.2, 0.25) is 0 Å². The average Bonchev–Trinajstić information content (AvgIpc) is 2.90. The number of benzene rings is 1. The van der Waals surface area contributed by atoms with Crippen LogP contribution in [0.4, 0.5) is 0 Å². The third-order valence-electron chi connectivity index (χ3n) is 2.61. The lowest BCUT2D eigenvalue weighted by Crippen LogP contribution is -2.30. The summed E-state index contributed by atoms with van der Waals surface area (Å²) in [5.41, 5.74) is 1.66. The molecule has 0 bridgehead atoms. The molecule has 1 N–H and O–H groups in total. The highest BCUT2D eigenvalue weighted by Gasteiger charge is 2.15. The van der Waals surface area contributed by atoms with Gasteiger partial charge < -0.3 is 9.88 Å². The maximum absolute atomic E-state index is 12.1. The second-order valence-corrected chi connectivity index (χ2v) is 3.77. The van der Waals surface area contributed by atoms with E-state index in [-0.39, 0.29) is 5.91 Å². The van der Waals surface area contributed by atoms with Crippen LogP contribution in [-0.4, -0.2) is 27.3 Å². The van der Waals surface area contributed by atoms with Crippen LogP contribution in [-0.2, 0) is 6.54 Å². The number of aromatic nitrogens is 2. The van der Waals surface area contributed by atoms with Crippen LogP contribution in [0.25, 0.3) is 0 Å². The minimum absolute atomic E-state index is 0.0196. The van der Waals surface area contributed by atoms with Gasteiger partial charge in [0, 0.05) is 13.1 Å². The molecule has 1 aromatic carbocycles. The summed E-state index contributed by atoms with van der Waals surface area (Å²) in [6.45, 7) is 3.26. The summed E-state index contributed by atoms with van der Waals surface area (Å²) >= 11 is 0. The predicted molar refractivity (Wildman–Crippen MR) is 65.4 cm³/mol. The molecule has 1 amide bonds. The molecule has 0 saturated carbocycles. The highest BCUT2D eigenvalue weighted by atomic mass is 16.2. The molecule has 4 nitrogen and oxygen atoms in total. The van der Waals surface area contributed by atoms with Crippen molar-refractivity contribution in [2.75, 3.05) is 6.54 Å². The Morgan fingerprint density at radius 3 is 2.71 bits per heavy atom. The second-order valence-electron chi connectivity index (χ2n) is 3.77. The molecule has 0 saturated heterocycles. The molecule has 17 heavy (non-hydrogen) atoms. The number of carbonyl (C=O) groups is 1. The fourth-order valence-corrected chi connectivity index (χ4v) is 1.67. The number of hydrogen-bond donors (Lipinski definition) is 1. The van der Waals surface area contributed by atoms with Crippen LogP contribution in [0.1, 0.15) is 23.0 Å². The number of H-pyrrole nitrogens is 1. The Kier molecular flexibility index (Phi) is 3.55. The van der Waals surface area contributed by atoms with Crippen molar-refractivity contribution < 1.29 is 4.79 Å². The third kappa shape index (κ3) is 2.72. The normalized spacial score (nSPS) is 10.2. The van der Waals surface area contributed by atoms with Crippen LogP contribution in [0, 0.1) is 0 Å². The molecule has 2 aromatic rings. The van der Waals surface area contributed by atoms with Crippen LogP contribution in [0.5, 0.6) is 0 Å². The van der Waals surface area contributed by atoms with Gasteiger partial charge >= 0.3 is 0 Å². The number of imidazole rings is 1. The molecule has 2 rings (SSSR count). The lowest BCUT2D eigenvalue weighted by molar-refractivity contribution is 0.0747. The smallest absolute Gasteiger partial charge is 0.272 e. The monoisotopic (exact) mass is 229 g/mol. The molecular formula is C13H15N3O. The van der Waals surface area contributed by atoms with Gasteiger partial charge in [0.05, 0.1) is 12.5 Å². The lowest BCUT2D eigenvalue weighted by atomic mass is 10.2. The molecule has 0 fully saturated rings. The average molecular weight is 229 g/mol. The maximum atomic E-state index is 12.1. The van der Waals surface area contributed by atoms with Crippen molar-refractivity contribution in [2.45, 2.75) is 13.5 Å². The van der Waals surface area contributed by atoms with Crippen LogP contribution in [0.3, 0.4) is 0 Å². The fraction of sp³-hybridized carbons (Fsp3) is 0.231. The van der Waals surface area contributed by atoms with Crippen LogP contribution >= 0.6 is 0 Å². The molecular weight excluding hydrogens is 214 g/mol. The van der Waals surface area contributed by atoms with E-state index in [2.05, 4.69) is 9.97 Å². The number of carbonyl (C=O) groups excluding carboxylic acids is 1. The van der Waals surface area contributed by atoms with Gasteiger partial charge in [-0.05, 0) is 12.5 Å². The van der Waals surface area contributed by atoms with Crippen molar-refractivity contribution in [2.24, 2.45) is 0 Å². The number of amides is 1. The van der Waals surface area contributed by atoms with Gasteiger partial charge in [0.1, 0.15) is 5.69 Å². The molecule has 1 aromatic heterocycles. The topological polar surface area (TPSA) is 49.0 Å². The second kappa shape index (κ2) is 5.30. The summed E-state index contributed by atoms with van der Waals surface area (Å²) in [6.07, 6.45) is 3.07. The Balaban J connectivity index is 2.10. The van der Waals surface area contributed by atoms with Crippen molar-refractivity contribution in [1.82, 2.24) is 14.9 Å². The van der Waals surface area contributed by atoms with E-state index in [9.17, 15) is 4.79 Å². The summed E-state index contributed by atoms with van der Waals surface area (Å²) in [6, 6.07) is 9.95. The Labute approximate surface area is 100 Å². The van der Waals surface area contributed by atoms with E-state index < -0.39 is 0 Å². The van der Waals surface area contributed by atoms with Crippen LogP contribution in [0.15, 0.2) is 42.9 Å². The Bertz CT molecular complexity index is 465. The van der Waals surface area contributed by atoms with Gasteiger partial charge in [-0.25, -0.2) is 4.98 Å². The fourth-order valence-electron chi connectivity index (χ4n) is 1.67. The van der Waals surface area contributed by atoms with Crippen LogP contribution < -0.4 is 0 Å². The summed E-state index contributed by atoms with van der Waals surface area (Å²) in [5, 5.41) is 0. The molecule has 4 heteroatoms. The summed E-state index contributed by atoms with van der Waals surface area (Å²) < 4.78 is 0. The molecule has 0 aliphatic heterocycles. The maximum Gasteiger partial charge on any atom is 0.272 e. The summed E-state index contributed by atoms with van der Waals surface area (Å²) in [5.74, 6) is -0.0196. The van der Waals surface area contributed by atoms with Crippen molar-refractivity contribution in [3.8, 4) is 0 Å². The Morgan fingerprint density at radius 2 is 2.12 bits per heavy atom. The standard InChI is InChI=1S/C13H15N3O/c1-2-16(9-11-6-4-3-5-7-11)13(17)12-8-14-10-15-12/h3-8,10H,2,9H2,1H3,(H,14,15). The number of aromatic amines is 1. The molecule has 0 aliphatic carbocycles. The molecule has 0 radical (unpaired) electrons. The van der Waals surface area contributed by atoms with Gasteiger partial charge in [-0.3, -0.25) is 4.79 Å². The minimum Gasteiger partial charge on any atom is -0.341 e. The number of nitrogens with one attached hydrogen (secondary N) is 1. The van der Waals surface area contributed by atoms with Crippen molar-refractivity contribution in [3.05, 3.63) is 54.1 Å². The number of nitrogens with zero attached hydrogens (tertiary/aromatic N) is 2. The first-order chi connectivity index (χ1) is 8.31. The molecule has 0 aliphatic rings. The SMILES string of the molecule is CCN(Cc1ccccc1)C(=O)c1cnc[nH]1. The molecule has 88 valence electrons. The highest BCUT2D eigenvalue weighted by Crippen LogP contribution is 2.07. The number of rotatable bonds is 4. The van der Waals surface area contributed by atoms with E-state index in [0.29, 0.717) is 18.8 Å². The van der Waals surface area contributed by atoms with E-state index in [1.807, 2.05) is 37.3 Å². The van der Waals surface area contributed by atoms with Crippen molar-refractivity contribution >= 4 is 5.91 Å². The lowest BCUT2D eigenvalue weighted by Gasteiger charge is -2.20. The van der Waals surface area contributed by atoms with E-state index in [1.165, 1.54) is 6.33 Å². The Morgan fingerprint density at radius 1 is 1.35 bits per heavy atom. The minimum atomic E-state index is -0.0196. The largest absolute Gasteiger partial charge is 0.341 e. The van der Waals surface area contributed by atoms with Gasteiger partial charge in [-0.15, -0.1) is 0 Å². The van der Waals surface area contributed by atoms with Gasteiger partial charge in [-0.2, -0.15) is 0 Å². The first kappa shape index (κ1) is 11.4. The van der Waals surface area contributed by atoms with Gasteiger partial charge in [0.15, 0.2) is 0 Å². The first-order valence-electron chi connectivity index (χ1n) is 5.63. The predicted octanol–water partition coefficient (Wildman–Crippen LogP) is 2.07. The zero-order valence-electron chi connectivity index (χ0n) is 9.76. The Hall–Kier alpha value is -2.10. The molecule has 0 unspecified atom stereocenters. The van der Waals surface area contributed by atoms with E-state index in [1.54, 1.807) is 11.1 Å². The van der Waals surface area contributed by atoms with Crippen molar-refractivity contribution in [1.29, 1.82) is 0 Å². The zero-order chi connectivity index (χ0) is 12.1. The van der Waals surface area contributed by atoms with E-state index >= 15 is 0 Å². The number of hydrogen-bond acceptors (Lipinski definition) is 2. The third-order valence-corrected chi connectivity index (χ3v) is 2.61. The molecule has 0 spiro atoms. The highest BCUT2D eigenvalue weighted by molar-refractivity contribution is 5.92. The van der Waals surface area contributed by atoms with E-state index in [4.69, 9.17) is 0 Å². The summed E-state index contributed by atoms with van der Waals surface area (Å²) in [4.78, 5) is 20.6. The van der Waals surface area contributed by atoms with E-state index in [0.717, 1.165) is 5.56 Å². The van der Waals surface area contributed by atoms with Gasteiger partial charge in [0.25, 0.3) is 5.91 Å². The van der Waals surface area contributed by atoms with Gasteiger partial charge in [-0.1, -0.05) is 30.3 Å². The first-order valence-corrected chi connectivity index (χ1v) is 5.63. The zero-order valence-corrected chi connectivity index (χ0v) is 9.76.